The largest absolute Gasteiger partial charge is 0.508 e. The maximum atomic E-state index is 10.3. The molecule has 0 aliphatic carbocycles. The Balaban J connectivity index is 2.88. The molecule has 1 atom stereocenters. The second-order valence-electron chi connectivity index (χ2n) is 5.78. The van der Waals surface area contributed by atoms with E-state index in [4.69, 9.17) is 5.11 Å². The minimum Gasteiger partial charge on any atom is -0.508 e. The molecule has 1 unspecified atom stereocenters. The average Bonchev–Trinajstić information content (AvgIpc) is 2.45. The van der Waals surface area contributed by atoms with Crippen LogP contribution < -0.4 is 10.2 Å². The summed E-state index contributed by atoms with van der Waals surface area (Å²) in [6.45, 7) is 10.3. The fraction of sp³-hybridized carbons (Fsp3) is 0.647. The van der Waals surface area contributed by atoms with Crippen LogP contribution in [0.5, 0.6) is 5.75 Å². The Morgan fingerprint density at radius 2 is 1.95 bits per heavy atom. The van der Waals surface area contributed by atoms with E-state index in [1.165, 1.54) is 0 Å². The van der Waals surface area contributed by atoms with Gasteiger partial charge in [-0.05, 0) is 46.2 Å². The van der Waals surface area contributed by atoms with Crippen LogP contribution in [0, 0.1) is 0 Å². The molecule has 1 aromatic carbocycles. The SMILES string of the molecule is CCCNC(C)c1ccc(N(CCCO)C(C)C)cc1O. The van der Waals surface area contributed by atoms with Crippen LogP contribution in [0.4, 0.5) is 5.69 Å². The standard InChI is InChI=1S/C17H30N2O2/c1-5-9-18-14(4)16-8-7-15(12-17(16)21)19(13(2)3)10-6-11-20/h7-8,12-14,18,20-21H,5-6,9-11H2,1-4H3. The second-order valence-corrected chi connectivity index (χ2v) is 5.78. The number of aliphatic hydroxyl groups excluding tert-OH is 1. The normalized spacial score (nSPS) is 12.7. The third-order valence-corrected chi connectivity index (χ3v) is 3.69. The molecule has 0 radical (unpaired) electrons. The van der Waals surface area contributed by atoms with E-state index in [2.05, 4.69) is 44.0 Å². The van der Waals surface area contributed by atoms with E-state index in [-0.39, 0.29) is 12.6 Å². The first-order valence-electron chi connectivity index (χ1n) is 7.95. The lowest BCUT2D eigenvalue weighted by atomic mass is 10.1. The topological polar surface area (TPSA) is 55.7 Å². The highest BCUT2D eigenvalue weighted by Gasteiger charge is 2.14. The van der Waals surface area contributed by atoms with Gasteiger partial charge in [-0.25, -0.2) is 0 Å². The molecule has 0 bridgehead atoms. The van der Waals surface area contributed by atoms with Gasteiger partial charge in [0.05, 0.1) is 0 Å². The average molecular weight is 294 g/mol. The molecule has 3 N–H and O–H groups in total. The molecule has 0 spiro atoms. The number of rotatable bonds is 9. The highest BCUT2D eigenvalue weighted by atomic mass is 16.3. The quantitative estimate of drug-likeness (QED) is 0.655. The molecule has 0 saturated carbocycles. The zero-order valence-corrected chi connectivity index (χ0v) is 13.8. The number of hydrogen-bond donors (Lipinski definition) is 3. The number of aliphatic hydroxyl groups is 1. The van der Waals surface area contributed by atoms with Crippen molar-refractivity contribution in [1.82, 2.24) is 5.32 Å². The lowest BCUT2D eigenvalue weighted by Gasteiger charge is -2.29. The van der Waals surface area contributed by atoms with Gasteiger partial charge >= 0.3 is 0 Å². The van der Waals surface area contributed by atoms with Gasteiger partial charge < -0.3 is 20.4 Å². The molecule has 0 aliphatic rings. The number of aromatic hydroxyl groups is 1. The monoisotopic (exact) mass is 294 g/mol. The lowest BCUT2D eigenvalue weighted by molar-refractivity contribution is 0.288. The molecule has 1 rings (SSSR count). The Labute approximate surface area is 128 Å². The molecular formula is C17H30N2O2. The van der Waals surface area contributed by atoms with Crippen molar-refractivity contribution in [2.45, 2.75) is 52.6 Å². The molecule has 0 fully saturated rings. The number of phenols is 1. The van der Waals surface area contributed by atoms with Crippen molar-refractivity contribution in [2.75, 3.05) is 24.6 Å². The van der Waals surface area contributed by atoms with Crippen LogP contribution in [-0.4, -0.2) is 36.0 Å². The first-order valence-corrected chi connectivity index (χ1v) is 7.95. The van der Waals surface area contributed by atoms with Crippen LogP contribution in [0.3, 0.4) is 0 Å². The number of nitrogens with one attached hydrogen (secondary N) is 1. The van der Waals surface area contributed by atoms with Crippen LogP contribution in [0.25, 0.3) is 0 Å². The summed E-state index contributed by atoms with van der Waals surface area (Å²) in [5.41, 5.74) is 1.93. The Bertz CT molecular complexity index is 421. The molecule has 0 aliphatic heterocycles. The van der Waals surface area contributed by atoms with Gasteiger partial charge in [-0.1, -0.05) is 13.0 Å². The van der Waals surface area contributed by atoms with E-state index in [0.717, 1.165) is 37.2 Å². The van der Waals surface area contributed by atoms with Crippen LogP contribution in [0.1, 0.15) is 52.1 Å². The number of anilines is 1. The molecule has 0 saturated heterocycles. The molecule has 120 valence electrons. The minimum absolute atomic E-state index is 0.143. The van der Waals surface area contributed by atoms with Gasteiger partial charge in [0.1, 0.15) is 5.75 Å². The van der Waals surface area contributed by atoms with Gasteiger partial charge in [-0.3, -0.25) is 0 Å². The number of nitrogens with zero attached hydrogens (tertiary/aromatic N) is 1. The van der Waals surface area contributed by atoms with Crippen LogP contribution in [-0.2, 0) is 0 Å². The smallest absolute Gasteiger partial charge is 0.122 e. The zero-order valence-electron chi connectivity index (χ0n) is 13.8. The van der Waals surface area contributed by atoms with Gasteiger partial charge in [0.2, 0.25) is 0 Å². The molecule has 0 heterocycles. The third kappa shape index (κ3) is 5.21. The first kappa shape index (κ1) is 17.8. The van der Waals surface area contributed by atoms with Crippen LogP contribution in [0.2, 0.25) is 0 Å². The fourth-order valence-corrected chi connectivity index (χ4v) is 2.47. The molecular weight excluding hydrogens is 264 g/mol. The summed E-state index contributed by atoms with van der Waals surface area (Å²) in [5, 5.41) is 22.7. The highest BCUT2D eigenvalue weighted by molar-refractivity contribution is 5.54. The van der Waals surface area contributed by atoms with Crippen molar-refractivity contribution in [1.29, 1.82) is 0 Å². The van der Waals surface area contributed by atoms with Crippen LogP contribution >= 0.6 is 0 Å². The van der Waals surface area contributed by atoms with Crippen molar-refractivity contribution in [3.05, 3.63) is 23.8 Å². The summed E-state index contributed by atoms with van der Waals surface area (Å²) in [7, 11) is 0. The lowest BCUT2D eigenvalue weighted by Crippen LogP contribution is -2.32. The van der Waals surface area contributed by atoms with Crippen molar-refractivity contribution in [3.63, 3.8) is 0 Å². The van der Waals surface area contributed by atoms with Crippen molar-refractivity contribution in [3.8, 4) is 5.75 Å². The Kier molecular flexibility index (Phi) is 7.54. The Morgan fingerprint density at radius 3 is 2.48 bits per heavy atom. The first-order chi connectivity index (χ1) is 10.0. The van der Waals surface area contributed by atoms with Crippen molar-refractivity contribution >= 4 is 5.69 Å². The summed E-state index contributed by atoms with van der Waals surface area (Å²) in [5.74, 6) is 0.332. The van der Waals surface area contributed by atoms with Gasteiger partial charge in [-0.15, -0.1) is 0 Å². The Hall–Kier alpha value is -1.26. The minimum atomic E-state index is 0.143. The number of hydrogen-bond acceptors (Lipinski definition) is 4. The van der Waals surface area contributed by atoms with E-state index in [1.807, 2.05) is 12.1 Å². The van der Waals surface area contributed by atoms with E-state index in [9.17, 15) is 5.11 Å². The van der Waals surface area contributed by atoms with Gasteiger partial charge in [-0.2, -0.15) is 0 Å². The van der Waals surface area contributed by atoms with Crippen molar-refractivity contribution in [2.24, 2.45) is 0 Å². The Morgan fingerprint density at radius 1 is 1.24 bits per heavy atom. The maximum Gasteiger partial charge on any atom is 0.122 e. The summed E-state index contributed by atoms with van der Waals surface area (Å²) in [6.07, 6.45) is 1.81. The van der Waals surface area contributed by atoms with E-state index >= 15 is 0 Å². The summed E-state index contributed by atoms with van der Waals surface area (Å²) >= 11 is 0. The summed E-state index contributed by atoms with van der Waals surface area (Å²) in [4.78, 5) is 2.20. The van der Waals surface area contributed by atoms with E-state index in [0.29, 0.717) is 11.8 Å². The molecule has 4 heteroatoms. The maximum absolute atomic E-state index is 10.3. The van der Waals surface area contributed by atoms with Gasteiger partial charge in [0, 0.05) is 42.6 Å². The summed E-state index contributed by atoms with van der Waals surface area (Å²) in [6, 6.07) is 6.35. The predicted molar refractivity (Wildman–Crippen MR) is 89.0 cm³/mol. The van der Waals surface area contributed by atoms with Gasteiger partial charge in [0.15, 0.2) is 0 Å². The fourth-order valence-electron chi connectivity index (χ4n) is 2.47. The molecule has 0 aromatic heterocycles. The summed E-state index contributed by atoms with van der Waals surface area (Å²) < 4.78 is 0. The van der Waals surface area contributed by atoms with E-state index in [1.54, 1.807) is 0 Å². The zero-order chi connectivity index (χ0) is 15.8. The van der Waals surface area contributed by atoms with Crippen LogP contribution in [0.15, 0.2) is 18.2 Å². The molecule has 21 heavy (non-hydrogen) atoms. The van der Waals surface area contributed by atoms with Crippen molar-refractivity contribution < 1.29 is 10.2 Å². The number of phenolic OH excluding ortho intramolecular Hbond substituents is 1. The number of benzene rings is 1. The molecule has 0 amide bonds. The third-order valence-electron chi connectivity index (χ3n) is 3.69. The van der Waals surface area contributed by atoms with Gasteiger partial charge in [0.25, 0.3) is 0 Å². The molecule has 4 nitrogen and oxygen atoms in total. The van der Waals surface area contributed by atoms with E-state index < -0.39 is 0 Å². The molecule has 1 aromatic rings. The predicted octanol–water partition coefficient (Wildman–Crippen LogP) is 3.05. The second kappa shape index (κ2) is 8.90. The highest BCUT2D eigenvalue weighted by Crippen LogP contribution is 2.30.